The van der Waals surface area contributed by atoms with Gasteiger partial charge in [-0.2, -0.15) is 13.2 Å². The van der Waals surface area contributed by atoms with Crippen molar-refractivity contribution >= 4 is 17.6 Å². The van der Waals surface area contributed by atoms with Gasteiger partial charge in [-0.15, -0.1) is 0 Å². The maximum absolute atomic E-state index is 12.8. The Balaban J connectivity index is 0.000000823. The predicted molar refractivity (Wildman–Crippen MR) is 87.7 cm³/mol. The summed E-state index contributed by atoms with van der Waals surface area (Å²) in [6.07, 6.45) is -4.33. The quantitative estimate of drug-likeness (QED) is 0.712. The number of carbonyl (C=O) groups is 2. The average molecular weight is 364 g/mol. The molecule has 142 valence electrons. The second-order valence-electron chi connectivity index (χ2n) is 6.31. The molecule has 0 saturated heterocycles. The fraction of sp³-hybridized carbons (Fsp3) is 0.500. The van der Waals surface area contributed by atoms with Crippen LogP contribution in [0.25, 0.3) is 0 Å². The molecule has 4 N–H and O–H groups in total. The van der Waals surface area contributed by atoms with E-state index in [1.54, 1.807) is 12.1 Å². The van der Waals surface area contributed by atoms with Gasteiger partial charge in [-0.05, 0) is 23.1 Å². The first-order chi connectivity index (χ1) is 11.2. The van der Waals surface area contributed by atoms with Crippen molar-refractivity contribution in [3.63, 3.8) is 0 Å². The van der Waals surface area contributed by atoms with Gasteiger partial charge >= 0.3 is 18.1 Å². The molecular formula is C16H23F3N2O4. The molecule has 0 fully saturated rings. The van der Waals surface area contributed by atoms with Crippen LogP contribution in [0.15, 0.2) is 24.3 Å². The fourth-order valence-corrected chi connectivity index (χ4v) is 1.89. The Morgan fingerprint density at radius 1 is 1.08 bits per heavy atom. The Bertz CT molecular complexity index is 569. The molecule has 0 aliphatic carbocycles. The molecule has 0 spiro atoms. The van der Waals surface area contributed by atoms with Crippen LogP contribution < -0.4 is 10.6 Å². The van der Waals surface area contributed by atoms with E-state index in [0.29, 0.717) is 5.69 Å². The lowest BCUT2D eigenvalue weighted by Gasteiger charge is -2.31. The zero-order valence-corrected chi connectivity index (χ0v) is 14.5. The number of alkyl halides is 3. The number of carboxylic acid groups (broad SMARTS) is 2. The molecule has 0 radical (unpaired) electrons. The van der Waals surface area contributed by atoms with Crippen molar-refractivity contribution in [3.05, 3.63) is 29.8 Å². The SMILES string of the molecule is CN(c1ccc(C(C)(C)C)cc1)C(CN)C(F)(F)F.O=C(O)C(=O)O. The molecule has 1 unspecified atom stereocenters. The van der Waals surface area contributed by atoms with E-state index in [-0.39, 0.29) is 5.41 Å². The summed E-state index contributed by atoms with van der Waals surface area (Å²) in [5.74, 6) is -3.65. The van der Waals surface area contributed by atoms with Gasteiger partial charge in [0, 0.05) is 19.3 Å². The first-order valence-corrected chi connectivity index (χ1v) is 7.28. The van der Waals surface area contributed by atoms with E-state index in [1.165, 1.54) is 11.9 Å². The second kappa shape index (κ2) is 8.70. The summed E-state index contributed by atoms with van der Waals surface area (Å²) < 4.78 is 38.4. The lowest BCUT2D eigenvalue weighted by atomic mass is 9.87. The summed E-state index contributed by atoms with van der Waals surface area (Å²) in [5, 5.41) is 14.8. The lowest BCUT2D eigenvalue weighted by Crippen LogP contribution is -2.48. The van der Waals surface area contributed by atoms with Crippen LogP contribution in [-0.4, -0.2) is 48.0 Å². The Morgan fingerprint density at radius 2 is 1.48 bits per heavy atom. The third-order valence-corrected chi connectivity index (χ3v) is 3.39. The van der Waals surface area contributed by atoms with Gasteiger partial charge in [0.25, 0.3) is 0 Å². The molecule has 25 heavy (non-hydrogen) atoms. The highest BCUT2D eigenvalue weighted by Crippen LogP contribution is 2.29. The largest absolute Gasteiger partial charge is 0.473 e. The molecule has 0 bridgehead atoms. The summed E-state index contributed by atoms with van der Waals surface area (Å²) in [5.41, 5.74) is 6.81. The predicted octanol–water partition coefficient (Wildman–Crippen LogP) is 2.47. The van der Waals surface area contributed by atoms with E-state index < -0.39 is 30.7 Å². The van der Waals surface area contributed by atoms with Crippen molar-refractivity contribution in [1.82, 2.24) is 0 Å². The standard InChI is InChI=1S/C14H21F3N2.C2H2O4/c1-13(2,3)10-5-7-11(8-6-10)19(4)12(9-18)14(15,16)17;3-1(4)2(5)6/h5-8,12H,9,18H2,1-4H3;(H,3,4)(H,5,6). The van der Waals surface area contributed by atoms with Gasteiger partial charge in [-0.1, -0.05) is 32.9 Å². The number of nitrogens with zero attached hydrogens (tertiary/aromatic N) is 1. The van der Waals surface area contributed by atoms with Crippen LogP contribution in [0, 0.1) is 0 Å². The highest BCUT2D eigenvalue weighted by Gasteiger charge is 2.41. The lowest BCUT2D eigenvalue weighted by molar-refractivity contribution is -0.159. The van der Waals surface area contributed by atoms with Gasteiger partial charge in [0.2, 0.25) is 0 Å². The summed E-state index contributed by atoms with van der Waals surface area (Å²) in [6.45, 7) is 5.72. The number of rotatable bonds is 3. The number of hydrogen-bond donors (Lipinski definition) is 3. The number of likely N-dealkylation sites (N-methyl/N-ethyl adjacent to an activating group) is 1. The van der Waals surface area contributed by atoms with E-state index >= 15 is 0 Å². The Kier molecular flexibility index (Phi) is 7.91. The van der Waals surface area contributed by atoms with Crippen molar-refractivity contribution in [2.45, 2.75) is 38.4 Å². The van der Waals surface area contributed by atoms with Crippen molar-refractivity contribution in [2.75, 3.05) is 18.5 Å². The molecule has 0 saturated carbocycles. The third kappa shape index (κ3) is 7.42. The molecule has 0 aliphatic heterocycles. The van der Waals surface area contributed by atoms with Gasteiger partial charge in [0.1, 0.15) is 6.04 Å². The average Bonchev–Trinajstić information content (AvgIpc) is 2.46. The zero-order valence-electron chi connectivity index (χ0n) is 14.5. The molecule has 1 rings (SSSR count). The smallest absolute Gasteiger partial charge is 0.414 e. The number of aliphatic carboxylic acids is 2. The molecule has 1 aromatic rings. The summed E-state index contributed by atoms with van der Waals surface area (Å²) >= 11 is 0. The number of anilines is 1. The summed E-state index contributed by atoms with van der Waals surface area (Å²) in [7, 11) is 1.41. The van der Waals surface area contributed by atoms with Gasteiger partial charge in [-0.3, -0.25) is 0 Å². The maximum atomic E-state index is 12.8. The van der Waals surface area contributed by atoms with Crippen LogP contribution in [0.4, 0.5) is 18.9 Å². The first kappa shape index (κ1) is 22.7. The maximum Gasteiger partial charge on any atom is 0.414 e. The van der Waals surface area contributed by atoms with Gasteiger partial charge < -0.3 is 20.8 Å². The second-order valence-corrected chi connectivity index (χ2v) is 6.31. The molecular weight excluding hydrogens is 341 g/mol. The Hall–Kier alpha value is -2.29. The normalized spacial score (nSPS) is 12.6. The highest BCUT2D eigenvalue weighted by atomic mass is 19.4. The molecule has 0 aliphatic rings. The minimum absolute atomic E-state index is 0.0194. The van der Waals surface area contributed by atoms with Crippen molar-refractivity contribution in [3.8, 4) is 0 Å². The molecule has 0 heterocycles. The van der Waals surface area contributed by atoms with Gasteiger partial charge in [-0.25, -0.2) is 9.59 Å². The van der Waals surface area contributed by atoms with Crippen molar-refractivity contribution in [1.29, 1.82) is 0 Å². The molecule has 1 aromatic carbocycles. The summed E-state index contributed by atoms with van der Waals surface area (Å²) in [6, 6.07) is 5.46. The summed E-state index contributed by atoms with van der Waals surface area (Å²) in [4.78, 5) is 19.4. The third-order valence-electron chi connectivity index (χ3n) is 3.39. The number of nitrogens with two attached hydrogens (primary N) is 1. The number of halogens is 3. The fourth-order valence-electron chi connectivity index (χ4n) is 1.89. The Labute approximate surface area is 144 Å². The van der Waals surface area contributed by atoms with Gasteiger partial charge in [0.15, 0.2) is 0 Å². The number of carboxylic acids is 2. The molecule has 0 aromatic heterocycles. The minimum Gasteiger partial charge on any atom is -0.473 e. The Morgan fingerprint density at radius 3 is 1.72 bits per heavy atom. The molecule has 1 atom stereocenters. The van der Waals surface area contributed by atoms with Crippen molar-refractivity contribution < 1.29 is 33.0 Å². The van der Waals surface area contributed by atoms with Crippen LogP contribution in [0.2, 0.25) is 0 Å². The van der Waals surface area contributed by atoms with E-state index in [1.807, 2.05) is 12.1 Å². The van der Waals surface area contributed by atoms with Crippen LogP contribution >= 0.6 is 0 Å². The minimum atomic E-state index is -4.33. The molecule has 9 heteroatoms. The van der Waals surface area contributed by atoms with E-state index in [9.17, 15) is 13.2 Å². The highest BCUT2D eigenvalue weighted by molar-refractivity contribution is 6.27. The van der Waals surface area contributed by atoms with Crippen LogP contribution in [0.5, 0.6) is 0 Å². The molecule has 6 nitrogen and oxygen atoms in total. The topological polar surface area (TPSA) is 104 Å². The molecule has 0 amide bonds. The van der Waals surface area contributed by atoms with Crippen LogP contribution in [0.3, 0.4) is 0 Å². The first-order valence-electron chi connectivity index (χ1n) is 7.28. The van der Waals surface area contributed by atoms with Crippen molar-refractivity contribution in [2.24, 2.45) is 5.73 Å². The zero-order chi connectivity index (χ0) is 20.0. The van der Waals surface area contributed by atoms with Crippen LogP contribution in [-0.2, 0) is 15.0 Å². The van der Waals surface area contributed by atoms with Gasteiger partial charge in [0.05, 0.1) is 0 Å². The number of hydrogen-bond acceptors (Lipinski definition) is 4. The van der Waals surface area contributed by atoms with E-state index in [0.717, 1.165) is 5.56 Å². The number of benzene rings is 1. The monoisotopic (exact) mass is 364 g/mol. The van der Waals surface area contributed by atoms with E-state index in [2.05, 4.69) is 20.8 Å². The van der Waals surface area contributed by atoms with Crippen LogP contribution in [0.1, 0.15) is 26.3 Å². The van der Waals surface area contributed by atoms with E-state index in [4.69, 9.17) is 25.5 Å².